The summed E-state index contributed by atoms with van der Waals surface area (Å²) < 4.78 is 2.00. The molecule has 0 amide bonds. The number of guanidine groups is 1. The molecular formula is C9H18N6. The number of nitrogens with zero attached hydrogens (tertiary/aromatic N) is 3. The summed E-state index contributed by atoms with van der Waals surface area (Å²) in [6, 6.07) is 0.237. The molecule has 1 atom stereocenters. The molecule has 0 aliphatic heterocycles. The van der Waals surface area contributed by atoms with Crippen molar-refractivity contribution in [2.45, 2.75) is 26.4 Å². The van der Waals surface area contributed by atoms with Gasteiger partial charge in [-0.1, -0.05) is 0 Å². The van der Waals surface area contributed by atoms with Gasteiger partial charge in [0.2, 0.25) is 5.96 Å². The van der Waals surface area contributed by atoms with E-state index in [0.717, 1.165) is 6.54 Å². The van der Waals surface area contributed by atoms with Crippen molar-refractivity contribution in [3.8, 4) is 0 Å². The van der Waals surface area contributed by atoms with Crippen LogP contribution in [0.25, 0.3) is 0 Å². The van der Waals surface area contributed by atoms with Gasteiger partial charge in [0.15, 0.2) is 0 Å². The number of aliphatic imine (C=N–C) groups is 1. The number of hydrogen-bond acceptors (Lipinski definition) is 3. The predicted molar refractivity (Wildman–Crippen MR) is 60.1 cm³/mol. The summed E-state index contributed by atoms with van der Waals surface area (Å²) in [5, 5.41) is 3.17. The molecule has 0 aliphatic carbocycles. The van der Waals surface area contributed by atoms with Gasteiger partial charge in [-0.05, 0) is 13.8 Å². The van der Waals surface area contributed by atoms with Crippen molar-refractivity contribution in [3.63, 3.8) is 0 Å². The van der Waals surface area contributed by atoms with Crippen molar-refractivity contribution in [1.29, 1.82) is 0 Å². The molecule has 6 heteroatoms. The van der Waals surface area contributed by atoms with Crippen LogP contribution in [0.1, 0.15) is 13.8 Å². The van der Waals surface area contributed by atoms with E-state index in [0.29, 0.717) is 12.5 Å². The second-order valence-electron chi connectivity index (χ2n) is 3.27. The van der Waals surface area contributed by atoms with Crippen LogP contribution in [0.2, 0.25) is 0 Å². The minimum absolute atomic E-state index is 0.237. The Morgan fingerprint density at radius 2 is 2.47 bits per heavy atom. The van der Waals surface area contributed by atoms with Crippen molar-refractivity contribution in [2.24, 2.45) is 10.8 Å². The molecule has 1 heterocycles. The largest absolute Gasteiger partial charge is 0.351 e. The summed E-state index contributed by atoms with van der Waals surface area (Å²) in [5.74, 6) is 5.93. The van der Waals surface area contributed by atoms with Gasteiger partial charge in [0.1, 0.15) is 0 Å². The first-order chi connectivity index (χ1) is 7.26. The fourth-order valence-electron chi connectivity index (χ4n) is 1.28. The third-order valence-electron chi connectivity index (χ3n) is 1.88. The van der Waals surface area contributed by atoms with E-state index < -0.39 is 0 Å². The number of imidazole rings is 1. The zero-order chi connectivity index (χ0) is 11.1. The first kappa shape index (κ1) is 11.5. The Bertz CT molecular complexity index is 292. The van der Waals surface area contributed by atoms with Gasteiger partial charge in [0.25, 0.3) is 0 Å². The number of rotatable bonds is 4. The van der Waals surface area contributed by atoms with E-state index in [2.05, 4.69) is 27.6 Å². The molecule has 0 fully saturated rings. The molecule has 6 nitrogen and oxygen atoms in total. The highest BCUT2D eigenvalue weighted by atomic mass is 15.3. The summed E-state index contributed by atoms with van der Waals surface area (Å²) in [6.07, 6.45) is 5.46. The van der Waals surface area contributed by atoms with Crippen LogP contribution in [0.5, 0.6) is 0 Å². The molecule has 1 aromatic rings. The Hall–Kier alpha value is -1.56. The van der Waals surface area contributed by atoms with Crippen molar-refractivity contribution < 1.29 is 0 Å². The van der Waals surface area contributed by atoms with Gasteiger partial charge < -0.3 is 9.88 Å². The van der Waals surface area contributed by atoms with Crippen LogP contribution >= 0.6 is 0 Å². The Balaban J connectivity index is 2.41. The van der Waals surface area contributed by atoms with Crippen LogP contribution in [0.15, 0.2) is 23.7 Å². The molecule has 0 aliphatic rings. The van der Waals surface area contributed by atoms with Crippen LogP contribution in [0.3, 0.4) is 0 Å². The van der Waals surface area contributed by atoms with Crippen LogP contribution in [0, 0.1) is 0 Å². The van der Waals surface area contributed by atoms with E-state index in [1.807, 2.05) is 17.7 Å². The molecule has 4 N–H and O–H groups in total. The first-order valence-corrected chi connectivity index (χ1v) is 4.99. The van der Waals surface area contributed by atoms with Gasteiger partial charge >= 0.3 is 0 Å². The molecule has 0 saturated heterocycles. The average Bonchev–Trinajstić information content (AvgIpc) is 2.69. The normalized spacial score (nSPS) is 13.7. The SMILES string of the molecule is CCN=C(NN)NC(C)Cn1ccnc1. The summed E-state index contributed by atoms with van der Waals surface area (Å²) in [6.45, 7) is 5.54. The van der Waals surface area contributed by atoms with Crippen LogP contribution in [0.4, 0.5) is 0 Å². The fraction of sp³-hybridized carbons (Fsp3) is 0.556. The monoisotopic (exact) mass is 210 g/mol. The molecular weight excluding hydrogens is 192 g/mol. The number of nitrogens with one attached hydrogen (secondary N) is 2. The quantitative estimate of drug-likeness (QED) is 0.276. The third kappa shape index (κ3) is 3.99. The minimum Gasteiger partial charge on any atom is -0.351 e. The standard InChI is InChI=1S/C9H18N6/c1-3-12-9(14-10)13-8(2)6-15-5-4-11-7-15/h4-5,7-8H,3,6,10H2,1-2H3,(H2,12,13,14). The lowest BCUT2D eigenvalue weighted by molar-refractivity contribution is 0.538. The first-order valence-electron chi connectivity index (χ1n) is 4.99. The zero-order valence-electron chi connectivity index (χ0n) is 9.14. The van der Waals surface area contributed by atoms with Gasteiger partial charge in [-0.25, -0.2) is 10.8 Å². The number of hydrazine groups is 1. The number of aromatic nitrogens is 2. The second-order valence-corrected chi connectivity index (χ2v) is 3.27. The lowest BCUT2D eigenvalue weighted by atomic mass is 10.3. The van der Waals surface area contributed by atoms with E-state index in [1.54, 1.807) is 12.5 Å². The summed E-state index contributed by atoms with van der Waals surface area (Å²) in [7, 11) is 0. The maximum Gasteiger partial charge on any atom is 0.205 e. The van der Waals surface area contributed by atoms with Crippen LogP contribution < -0.4 is 16.6 Å². The Labute approximate surface area is 89.6 Å². The van der Waals surface area contributed by atoms with Gasteiger partial charge in [0.05, 0.1) is 6.33 Å². The number of nitrogens with two attached hydrogens (primary N) is 1. The highest BCUT2D eigenvalue weighted by Gasteiger charge is 2.04. The molecule has 0 spiro atoms. The van der Waals surface area contributed by atoms with Crippen molar-refractivity contribution in [2.75, 3.05) is 6.54 Å². The topological polar surface area (TPSA) is 80.3 Å². The molecule has 15 heavy (non-hydrogen) atoms. The Morgan fingerprint density at radius 1 is 1.67 bits per heavy atom. The summed E-state index contributed by atoms with van der Waals surface area (Å²) in [4.78, 5) is 8.13. The van der Waals surface area contributed by atoms with Gasteiger partial charge in [-0.2, -0.15) is 0 Å². The molecule has 1 unspecified atom stereocenters. The van der Waals surface area contributed by atoms with E-state index >= 15 is 0 Å². The predicted octanol–water partition coefficient (Wildman–Crippen LogP) is -0.300. The minimum atomic E-state index is 0.237. The van der Waals surface area contributed by atoms with Gasteiger partial charge in [-0.3, -0.25) is 10.4 Å². The molecule has 0 bridgehead atoms. The summed E-state index contributed by atoms with van der Waals surface area (Å²) in [5.41, 5.74) is 2.53. The fourth-order valence-corrected chi connectivity index (χ4v) is 1.28. The van der Waals surface area contributed by atoms with Crippen LogP contribution in [-0.4, -0.2) is 28.1 Å². The molecule has 84 valence electrons. The van der Waals surface area contributed by atoms with E-state index in [4.69, 9.17) is 5.84 Å². The van der Waals surface area contributed by atoms with Crippen LogP contribution in [-0.2, 0) is 6.54 Å². The van der Waals surface area contributed by atoms with E-state index in [1.165, 1.54) is 0 Å². The Morgan fingerprint density at radius 3 is 3.00 bits per heavy atom. The lowest BCUT2D eigenvalue weighted by Crippen LogP contribution is -2.46. The molecule has 1 aromatic heterocycles. The molecule has 0 saturated carbocycles. The maximum absolute atomic E-state index is 5.32. The number of hydrogen-bond donors (Lipinski definition) is 3. The smallest absolute Gasteiger partial charge is 0.205 e. The van der Waals surface area contributed by atoms with Crippen molar-refractivity contribution in [1.82, 2.24) is 20.3 Å². The molecule has 1 rings (SSSR count). The molecule has 0 aromatic carbocycles. The van der Waals surface area contributed by atoms with Gasteiger partial charge in [0, 0.05) is 31.5 Å². The van der Waals surface area contributed by atoms with Crippen molar-refractivity contribution >= 4 is 5.96 Å². The Kier molecular flexibility index (Phi) is 4.62. The lowest BCUT2D eigenvalue weighted by Gasteiger charge is -2.16. The second kappa shape index (κ2) is 6.02. The highest BCUT2D eigenvalue weighted by Crippen LogP contribution is 1.91. The average molecular weight is 210 g/mol. The third-order valence-corrected chi connectivity index (χ3v) is 1.88. The zero-order valence-corrected chi connectivity index (χ0v) is 9.14. The van der Waals surface area contributed by atoms with Gasteiger partial charge in [-0.15, -0.1) is 0 Å². The van der Waals surface area contributed by atoms with Crippen molar-refractivity contribution in [3.05, 3.63) is 18.7 Å². The highest BCUT2D eigenvalue weighted by molar-refractivity contribution is 5.79. The molecule has 0 radical (unpaired) electrons. The summed E-state index contributed by atoms with van der Waals surface area (Å²) >= 11 is 0. The van der Waals surface area contributed by atoms with E-state index in [9.17, 15) is 0 Å². The van der Waals surface area contributed by atoms with E-state index in [-0.39, 0.29) is 6.04 Å². The maximum atomic E-state index is 5.32.